The van der Waals surface area contributed by atoms with Gasteiger partial charge in [0.15, 0.2) is 5.65 Å². The summed E-state index contributed by atoms with van der Waals surface area (Å²) >= 11 is 0. The van der Waals surface area contributed by atoms with Crippen LogP contribution < -0.4 is 15.5 Å². The number of aromatic nitrogens is 4. The molecule has 38 heavy (non-hydrogen) atoms. The Labute approximate surface area is 219 Å². The maximum Gasteiger partial charge on any atom is 0.327 e. The van der Waals surface area contributed by atoms with Gasteiger partial charge in [0.1, 0.15) is 11.6 Å². The molecule has 4 aromatic rings. The van der Waals surface area contributed by atoms with E-state index in [-0.39, 0.29) is 29.4 Å². The Kier molecular flexibility index (Phi) is 5.52. The second-order valence-corrected chi connectivity index (χ2v) is 10.8. The molecule has 1 aromatic carbocycles. The molecule has 0 spiro atoms. The minimum atomic E-state index is -0.250. The molecular weight excluding hydrogens is 483 g/mol. The van der Waals surface area contributed by atoms with Crippen molar-refractivity contribution in [2.75, 3.05) is 29.4 Å². The van der Waals surface area contributed by atoms with E-state index < -0.39 is 0 Å². The second-order valence-electron chi connectivity index (χ2n) is 10.8. The van der Waals surface area contributed by atoms with E-state index in [1.54, 1.807) is 30.6 Å². The number of fused-ring (bicyclic) bond motifs is 2. The number of halogens is 1. The van der Waals surface area contributed by atoms with Gasteiger partial charge in [-0.1, -0.05) is 12.8 Å². The number of anilines is 2. The van der Waals surface area contributed by atoms with Crippen molar-refractivity contribution >= 4 is 28.6 Å². The molecule has 5 heterocycles. The van der Waals surface area contributed by atoms with Gasteiger partial charge in [0, 0.05) is 55.2 Å². The third-order valence-corrected chi connectivity index (χ3v) is 8.32. The lowest BCUT2D eigenvalue weighted by Crippen LogP contribution is -2.37. The molecule has 2 aliphatic heterocycles. The summed E-state index contributed by atoms with van der Waals surface area (Å²) < 4.78 is 15.9. The van der Waals surface area contributed by atoms with E-state index in [4.69, 9.17) is 0 Å². The molecule has 1 saturated heterocycles. The summed E-state index contributed by atoms with van der Waals surface area (Å²) in [6, 6.07) is 12.2. The molecule has 3 aliphatic rings. The number of piperidine rings is 1. The van der Waals surface area contributed by atoms with Crippen molar-refractivity contribution in [2.45, 2.75) is 44.1 Å². The van der Waals surface area contributed by atoms with Crippen molar-refractivity contribution < 1.29 is 9.18 Å². The van der Waals surface area contributed by atoms with Crippen molar-refractivity contribution in [3.05, 3.63) is 82.3 Å². The number of pyridine rings is 2. The van der Waals surface area contributed by atoms with Crippen molar-refractivity contribution in [3.8, 4) is 0 Å². The van der Waals surface area contributed by atoms with Crippen LogP contribution in [0.5, 0.6) is 0 Å². The fourth-order valence-electron chi connectivity index (χ4n) is 6.22. The molecule has 0 radical (unpaired) electrons. The van der Waals surface area contributed by atoms with Crippen molar-refractivity contribution in [1.29, 1.82) is 0 Å². The number of hydrogen-bond donors (Lipinski definition) is 1. The number of benzene rings is 1. The van der Waals surface area contributed by atoms with Crippen LogP contribution in [0.2, 0.25) is 0 Å². The van der Waals surface area contributed by atoms with Gasteiger partial charge < -0.3 is 9.80 Å². The van der Waals surface area contributed by atoms with Gasteiger partial charge in [0.25, 0.3) is 5.91 Å². The van der Waals surface area contributed by atoms with Crippen LogP contribution in [0.1, 0.15) is 60.0 Å². The Morgan fingerprint density at radius 3 is 2.68 bits per heavy atom. The Balaban J connectivity index is 1.09. The summed E-state index contributed by atoms with van der Waals surface area (Å²) in [5.41, 5.74) is 3.65. The zero-order valence-corrected chi connectivity index (χ0v) is 21.0. The lowest BCUT2D eigenvalue weighted by molar-refractivity contribution is 0.0987. The lowest BCUT2D eigenvalue weighted by atomic mass is 9.95. The predicted octanol–water partition coefficient (Wildman–Crippen LogP) is 4.64. The van der Waals surface area contributed by atoms with Gasteiger partial charge in [-0.25, -0.2) is 19.2 Å². The highest BCUT2D eigenvalue weighted by Gasteiger charge is 2.37. The number of nitrogens with zero attached hydrogens (tertiary/aromatic N) is 5. The number of aromatic amines is 1. The molecule has 9 heteroatoms. The Bertz CT molecular complexity index is 1580. The van der Waals surface area contributed by atoms with Gasteiger partial charge in [-0.3, -0.25) is 14.3 Å². The first-order valence-corrected chi connectivity index (χ1v) is 13.4. The quantitative estimate of drug-likeness (QED) is 0.421. The molecule has 0 bridgehead atoms. The van der Waals surface area contributed by atoms with E-state index >= 15 is 0 Å². The number of hydrogen-bond acceptors (Lipinski definition) is 5. The highest BCUT2D eigenvalue weighted by Crippen LogP contribution is 2.45. The minimum absolute atomic E-state index is 0.0754. The zero-order valence-electron chi connectivity index (χ0n) is 21.0. The number of carbonyl (C=O) groups is 1. The molecule has 1 atom stereocenters. The van der Waals surface area contributed by atoms with E-state index in [0.29, 0.717) is 23.7 Å². The lowest BCUT2D eigenvalue weighted by Gasteiger charge is -2.33. The first-order chi connectivity index (χ1) is 18.5. The normalized spacial score (nSPS) is 19.8. The van der Waals surface area contributed by atoms with Gasteiger partial charge >= 0.3 is 5.69 Å². The molecule has 1 unspecified atom stereocenters. The summed E-state index contributed by atoms with van der Waals surface area (Å²) in [7, 11) is 0. The Morgan fingerprint density at radius 1 is 1.03 bits per heavy atom. The van der Waals surface area contributed by atoms with Crippen LogP contribution in [0.4, 0.5) is 15.9 Å². The average molecular weight is 513 g/mol. The van der Waals surface area contributed by atoms with Crippen molar-refractivity contribution in [3.63, 3.8) is 0 Å². The van der Waals surface area contributed by atoms with Crippen LogP contribution in [0.25, 0.3) is 11.2 Å². The number of imidazole rings is 1. The maximum absolute atomic E-state index is 14.1. The standard InChI is InChI=1S/C29H29FN6O2/c30-21-5-6-24-23(16-21)20(14-18-3-4-18)17-35(24)28(37)19-7-11-31-26(15-19)34-12-8-22(9-13-34)36-25-2-1-10-32-27(25)33-29(36)38/h1-2,5-7,10-11,15-16,18,20,22H,3-4,8-9,12-14,17H2,(H,32,33,38). The number of nitrogens with one attached hydrogen (secondary N) is 1. The van der Waals surface area contributed by atoms with Gasteiger partial charge in [-0.05, 0) is 73.2 Å². The van der Waals surface area contributed by atoms with Gasteiger partial charge in [-0.2, -0.15) is 0 Å². The summed E-state index contributed by atoms with van der Waals surface area (Å²) in [6.07, 6.45) is 8.40. The highest BCUT2D eigenvalue weighted by molar-refractivity contribution is 6.07. The van der Waals surface area contributed by atoms with E-state index in [1.165, 1.54) is 18.9 Å². The smallest absolute Gasteiger partial charge is 0.327 e. The molecule has 8 nitrogen and oxygen atoms in total. The first-order valence-electron chi connectivity index (χ1n) is 13.4. The predicted molar refractivity (Wildman–Crippen MR) is 143 cm³/mol. The molecular formula is C29H29FN6O2. The van der Waals surface area contributed by atoms with Crippen LogP contribution in [0, 0.1) is 11.7 Å². The van der Waals surface area contributed by atoms with Gasteiger partial charge in [0.05, 0.1) is 5.52 Å². The molecule has 194 valence electrons. The topological polar surface area (TPSA) is 87.1 Å². The monoisotopic (exact) mass is 512 g/mol. The number of H-pyrrole nitrogens is 1. The third-order valence-electron chi connectivity index (χ3n) is 8.32. The Morgan fingerprint density at radius 2 is 1.87 bits per heavy atom. The number of rotatable bonds is 5. The first kappa shape index (κ1) is 23.1. The minimum Gasteiger partial charge on any atom is -0.356 e. The van der Waals surface area contributed by atoms with Crippen LogP contribution >= 0.6 is 0 Å². The highest BCUT2D eigenvalue weighted by atomic mass is 19.1. The molecule has 1 aliphatic carbocycles. The van der Waals surface area contributed by atoms with Crippen LogP contribution in [0.3, 0.4) is 0 Å². The van der Waals surface area contributed by atoms with E-state index in [9.17, 15) is 14.0 Å². The molecule has 2 fully saturated rings. The fraction of sp³-hybridized carbons (Fsp3) is 0.379. The van der Waals surface area contributed by atoms with Crippen LogP contribution in [-0.2, 0) is 0 Å². The summed E-state index contributed by atoms with van der Waals surface area (Å²) in [6.45, 7) is 2.04. The van der Waals surface area contributed by atoms with Crippen molar-refractivity contribution in [1.82, 2.24) is 19.5 Å². The number of amides is 1. The zero-order chi connectivity index (χ0) is 25.8. The largest absolute Gasteiger partial charge is 0.356 e. The summed E-state index contributed by atoms with van der Waals surface area (Å²) in [5.74, 6) is 1.31. The molecule has 1 saturated carbocycles. The SMILES string of the molecule is O=C(c1ccnc(N2CCC(n3c(=O)[nH]c4ncccc43)CC2)c1)N1CC(CC2CC2)c2cc(F)ccc21. The third kappa shape index (κ3) is 4.06. The van der Waals surface area contributed by atoms with Crippen LogP contribution in [-0.4, -0.2) is 45.1 Å². The van der Waals surface area contributed by atoms with Crippen molar-refractivity contribution in [2.24, 2.45) is 5.92 Å². The molecule has 1 N–H and O–H groups in total. The number of carbonyl (C=O) groups excluding carboxylic acids is 1. The fourth-order valence-corrected chi connectivity index (χ4v) is 6.22. The van der Waals surface area contributed by atoms with E-state index in [1.807, 2.05) is 27.7 Å². The Hall–Kier alpha value is -4.01. The molecule has 1 amide bonds. The summed E-state index contributed by atoms with van der Waals surface area (Å²) in [5, 5.41) is 0. The van der Waals surface area contributed by atoms with Gasteiger partial charge in [0.2, 0.25) is 0 Å². The average Bonchev–Trinajstić information content (AvgIpc) is 3.60. The van der Waals surface area contributed by atoms with E-state index in [2.05, 4.69) is 19.9 Å². The summed E-state index contributed by atoms with van der Waals surface area (Å²) in [4.78, 5) is 42.0. The second kappa shape index (κ2) is 9.08. The van der Waals surface area contributed by atoms with Crippen LogP contribution in [0.15, 0.2) is 59.7 Å². The van der Waals surface area contributed by atoms with Gasteiger partial charge in [-0.15, -0.1) is 0 Å². The molecule has 3 aromatic heterocycles. The van der Waals surface area contributed by atoms with E-state index in [0.717, 1.165) is 54.9 Å². The maximum atomic E-state index is 14.1. The molecule has 7 rings (SSSR count).